The van der Waals surface area contributed by atoms with Gasteiger partial charge in [0, 0.05) is 12.6 Å². The highest BCUT2D eigenvalue weighted by atomic mass is 19.1. The van der Waals surface area contributed by atoms with E-state index in [2.05, 4.69) is 5.32 Å². The molecule has 0 fully saturated rings. The third kappa shape index (κ3) is 3.42. The zero-order valence-corrected chi connectivity index (χ0v) is 10.8. The van der Waals surface area contributed by atoms with Crippen molar-refractivity contribution in [3.8, 4) is 0 Å². The first-order valence-corrected chi connectivity index (χ1v) is 5.85. The fourth-order valence-electron chi connectivity index (χ4n) is 1.32. The van der Waals surface area contributed by atoms with Gasteiger partial charge in [-0.1, -0.05) is 20.8 Å². The zero-order valence-electron chi connectivity index (χ0n) is 10.8. The largest absolute Gasteiger partial charge is 0.396 e. The summed E-state index contributed by atoms with van der Waals surface area (Å²) in [6, 6.07) is 1.64. The maximum atomic E-state index is 13.4. The number of hydrogen-bond donors (Lipinski definition) is 2. The molecule has 0 heterocycles. The van der Waals surface area contributed by atoms with Crippen molar-refractivity contribution in [1.82, 2.24) is 5.32 Å². The average Bonchev–Trinajstić information content (AvgIpc) is 2.30. The van der Waals surface area contributed by atoms with Crippen LogP contribution in [0.3, 0.4) is 0 Å². The Morgan fingerprint density at radius 3 is 2.44 bits per heavy atom. The molecule has 1 aromatic carbocycles. The first kappa shape index (κ1) is 14.4. The van der Waals surface area contributed by atoms with E-state index in [0.29, 0.717) is 18.5 Å². The molecule has 1 rings (SSSR count). The van der Waals surface area contributed by atoms with E-state index in [-0.39, 0.29) is 17.2 Å². The summed E-state index contributed by atoms with van der Waals surface area (Å²) in [5.41, 5.74) is 4.84. The van der Waals surface area contributed by atoms with E-state index in [1.807, 2.05) is 20.8 Å². The molecule has 3 nitrogen and oxygen atoms in total. The van der Waals surface area contributed by atoms with Crippen molar-refractivity contribution in [2.24, 2.45) is 11.8 Å². The number of carbonyl (C=O) groups excluding carboxylic acids is 1. The van der Waals surface area contributed by atoms with Crippen LogP contribution in [-0.2, 0) is 0 Å². The molecule has 0 spiro atoms. The molecule has 0 aliphatic carbocycles. The number of anilines is 1. The lowest BCUT2D eigenvalue weighted by atomic mass is 9.98. The number of nitrogens with one attached hydrogen (secondary N) is 1. The van der Waals surface area contributed by atoms with Crippen LogP contribution in [0, 0.1) is 23.5 Å². The number of amides is 1. The van der Waals surface area contributed by atoms with Gasteiger partial charge in [-0.25, -0.2) is 8.78 Å². The number of benzene rings is 1. The maximum Gasteiger partial charge on any atom is 0.254 e. The number of rotatable bonds is 4. The third-order valence-electron chi connectivity index (χ3n) is 3.05. The van der Waals surface area contributed by atoms with Crippen molar-refractivity contribution >= 4 is 11.6 Å². The lowest BCUT2D eigenvalue weighted by molar-refractivity contribution is 0.0941. The van der Waals surface area contributed by atoms with Crippen molar-refractivity contribution in [1.29, 1.82) is 0 Å². The minimum atomic E-state index is -0.906. The van der Waals surface area contributed by atoms with E-state index in [9.17, 15) is 13.6 Å². The van der Waals surface area contributed by atoms with Gasteiger partial charge >= 0.3 is 0 Å². The van der Waals surface area contributed by atoms with E-state index in [1.54, 1.807) is 0 Å². The van der Waals surface area contributed by atoms with Gasteiger partial charge in [0.2, 0.25) is 0 Å². The molecule has 1 aromatic rings. The molecule has 0 aromatic heterocycles. The van der Waals surface area contributed by atoms with E-state index in [4.69, 9.17) is 5.73 Å². The van der Waals surface area contributed by atoms with Crippen molar-refractivity contribution < 1.29 is 13.6 Å². The van der Waals surface area contributed by atoms with Crippen molar-refractivity contribution in [2.75, 3.05) is 12.3 Å². The van der Waals surface area contributed by atoms with Crippen molar-refractivity contribution in [3.63, 3.8) is 0 Å². The molecule has 0 aliphatic rings. The lowest BCUT2D eigenvalue weighted by Crippen LogP contribution is -2.30. The summed E-state index contributed by atoms with van der Waals surface area (Å²) in [6.07, 6.45) is 0. The normalized spacial score (nSPS) is 12.6. The Balaban J connectivity index is 2.76. The Morgan fingerprint density at radius 1 is 1.28 bits per heavy atom. The Labute approximate surface area is 105 Å². The van der Waals surface area contributed by atoms with Crippen LogP contribution in [0.25, 0.3) is 0 Å². The highest BCUT2D eigenvalue weighted by Gasteiger charge is 2.16. The summed E-state index contributed by atoms with van der Waals surface area (Å²) in [5.74, 6) is -1.66. The summed E-state index contributed by atoms with van der Waals surface area (Å²) in [4.78, 5) is 11.7. The van der Waals surface area contributed by atoms with Gasteiger partial charge in [-0.05, 0) is 17.9 Å². The number of carbonyl (C=O) groups is 1. The molecule has 0 saturated carbocycles. The van der Waals surface area contributed by atoms with Gasteiger partial charge in [-0.2, -0.15) is 0 Å². The minimum absolute atomic E-state index is 0.232. The Hall–Kier alpha value is -1.65. The lowest BCUT2D eigenvalue weighted by Gasteiger charge is -2.16. The smallest absolute Gasteiger partial charge is 0.254 e. The average molecular weight is 256 g/mol. The molecule has 3 N–H and O–H groups in total. The van der Waals surface area contributed by atoms with Gasteiger partial charge < -0.3 is 11.1 Å². The van der Waals surface area contributed by atoms with Crippen molar-refractivity contribution in [2.45, 2.75) is 20.8 Å². The van der Waals surface area contributed by atoms with Gasteiger partial charge in [0.25, 0.3) is 5.91 Å². The third-order valence-corrected chi connectivity index (χ3v) is 3.05. The second-order valence-corrected chi connectivity index (χ2v) is 4.78. The molecule has 0 radical (unpaired) electrons. The minimum Gasteiger partial charge on any atom is -0.396 e. The number of nitrogen functional groups attached to an aromatic ring is 1. The molecule has 1 unspecified atom stereocenters. The summed E-state index contributed by atoms with van der Waals surface area (Å²) in [6.45, 7) is 6.49. The van der Waals surface area contributed by atoms with Crippen LogP contribution >= 0.6 is 0 Å². The van der Waals surface area contributed by atoms with E-state index < -0.39 is 17.5 Å². The van der Waals surface area contributed by atoms with Crippen LogP contribution in [0.15, 0.2) is 12.1 Å². The maximum absolute atomic E-state index is 13.4. The van der Waals surface area contributed by atoms with Gasteiger partial charge in [-0.15, -0.1) is 0 Å². The van der Waals surface area contributed by atoms with Gasteiger partial charge in [-0.3, -0.25) is 4.79 Å². The van der Waals surface area contributed by atoms with Crippen LogP contribution < -0.4 is 11.1 Å². The molecular weight excluding hydrogens is 238 g/mol. The summed E-state index contributed by atoms with van der Waals surface area (Å²) in [7, 11) is 0. The van der Waals surface area contributed by atoms with Crippen LogP contribution in [0.4, 0.5) is 14.5 Å². The summed E-state index contributed by atoms with van der Waals surface area (Å²) < 4.78 is 26.4. The molecule has 0 aliphatic heterocycles. The Morgan fingerprint density at radius 2 is 1.89 bits per heavy atom. The predicted octanol–water partition coefficient (Wildman–Crippen LogP) is 2.57. The van der Waals surface area contributed by atoms with E-state index in [1.165, 1.54) is 0 Å². The first-order chi connectivity index (χ1) is 8.32. The zero-order chi connectivity index (χ0) is 13.9. The summed E-state index contributed by atoms with van der Waals surface area (Å²) >= 11 is 0. The second kappa shape index (κ2) is 5.80. The standard InChI is InChI=1S/C13H18F2N2O/c1-7(2)8(3)6-17-13(18)9-4-12(16)11(15)5-10(9)14/h4-5,7-8H,6,16H2,1-3H3,(H,17,18). The van der Waals surface area contributed by atoms with Crippen LogP contribution in [0.5, 0.6) is 0 Å². The quantitative estimate of drug-likeness (QED) is 0.813. The monoisotopic (exact) mass is 256 g/mol. The molecule has 0 bridgehead atoms. The predicted molar refractivity (Wildman–Crippen MR) is 67.1 cm³/mol. The first-order valence-electron chi connectivity index (χ1n) is 5.85. The van der Waals surface area contributed by atoms with Gasteiger partial charge in [0.1, 0.15) is 11.6 Å². The van der Waals surface area contributed by atoms with Crippen molar-refractivity contribution in [3.05, 3.63) is 29.3 Å². The number of nitrogens with two attached hydrogens (primary N) is 1. The summed E-state index contributed by atoms with van der Waals surface area (Å²) in [5, 5.41) is 2.61. The van der Waals surface area contributed by atoms with Crippen LogP contribution in [0.1, 0.15) is 31.1 Å². The molecule has 100 valence electrons. The van der Waals surface area contributed by atoms with E-state index >= 15 is 0 Å². The Bertz CT molecular complexity index is 447. The van der Waals surface area contributed by atoms with Gasteiger partial charge in [0.05, 0.1) is 11.3 Å². The molecule has 5 heteroatoms. The van der Waals surface area contributed by atoms with E-state index in [0.717, 1.165) is 6.07 Å². The second-order valence-electron chi connectivity index (χ2n) is 4.78. The fourth-order valence-corrected chi connectivity index (χ4v) is 1.32. The number of hydrogen-bond acceptors (Lipinski definition) is 2. The molecular formula is C13H18F2N2O. The van der Waals surface area contributed by atoms with Gasteiger partial charge in [0.15, 0.2) is 0 Å². The fraction of sp³-hybridized carbons (Fsp3) is 0.462. The van der Waals surface area contributed by atoms with Crippen LogP contribution in [-0.4, -0.2) is 12.5 Å². The molecule has 1 amide bonds. The Kier molecular flexibility index (Phi) is 4.64. The number of halogens is 2. The highest BCUT2D eigenvalue weighted by molar-refractivity contribution is 5.95. The highest BCUT2D eigenvalue weighted by Crippen LogP contribution is 2.17. The molecule has 1 atom stereocenters. The molecule has 0 saturated heterocycles. The van der Waals surface area contributed by atoms with Crippen LogP contribution in [0.2, 0.25) is 0 Å². The molecule has 18 heavy (non-hydrogen) atoms. The topological polar surface area (TPSA) is 55.1 Å². The SMILES string of the molecule is CC(C)C(C)CNC(=O)c1cc(N)c(F)cc1F.